The molecule has 0 bridgehead atoms. The van der Waals surface area contributed by atoms with Crippen LogP contribution in [0.2, 0.25) is 0 Å². The van der Waals surface area contributed by atoms with E-state index >= 15 is 0 Å². The fourth-order valence-corrected chi connectivity index (χ4v) is 1.31. The lowest BCUT2D eigenvalue weighted by Gasteiger charge is -2.04. The summed E-state index contributed by atoms with van der Waals surface area (Å²) in [5.41, 5.74) is 7.99. The molecule has 0 aliphatic carbocycles. The van der Waals surface area contributed by atoms with E-state index in [2.05, 4.69) is 31.2 Å². The van der Waals surface area contributed by atoms with Gasteiger partial charge in [-0.1, -0.05) is 45.0 Å². The summed E-state index contributed by atoms with van der Waals surface area (Å²) in [7, 11) is 0. The first-order valence-corrected chi connectivity index (χ1v) is 6.22. The van der Waals surface area contributed by atoms with Crippen LogP contribution in [0.25, 0.3) is 0 Å². The summed E-state index contributed by atoms with van der Waals surface area (Å²) in [6.45, 7) is 8.32. The highest BCUT2D eigenvalue weighted by molar-refractivity contribution is 5.22. The Labute approximate surface area is 101 Å². The molecule has 0 saturated heterocycles. The van der Waals surface area contributed by atoms with Crippen LogP contribution in [0, 0.1) is 0 Å². The van der Waals surface area contributed by atoms with Crippen LogP contribution in [0.3, 0.4) is 0 Å². The Bertz CT molecular complexity index is 266. The van der Waals surface area contributed by atoms with Gasteiger partial charge in [0.25, 0.3) is 0 Å². The molecule has 0 amide bonds. The molecule has 2 heteroatoms. The van der Waals surface area contributed by atoms with Gasteiger partial charge in [-0.25, -0.2) is 0 Å². The Morgan fingerprint density at radius 1 is 1.25 bits per heavy atom. The maximum Gasteiger partial charge on any atom is 0.0716 e. The van der Waals surface area contributed by atoms with Crippen molar-refractivity contribution in [2.75, 3.05) is 13.2 Å². The van der Waals surface area contributed by atoms with Gasteiger partial charge in [-0.3, -0.25) is 0 Å². The van der Waals surface area contributed by atoms with Crippen LogP contribution >= 0.6 is 0 Å². The molecule has 0 unspecified atom stereocenters. The van der Waals surface area contributed by atoms with Crippen LogP contribution in [0.4, 0.5) is 0 Å². The second kappa shape index (κ2) is 10.7. The molecule has 0 spiro atoms. The van der Waals surface area contributed by atoms with Crippen molar-refractivity contribution in [2.24, 2.45) is 5.73 Å². The minimum atomic E-state index is 0. The molecule has 94 valence electrons. The zero-order valence-electron chi connectivity index (χ0n) is 10.8. The van der Waals surface area contributed by atoms with E-state index in [1.165, 1.54) is 11.1 Å². The highest BCUT2D eigenvalue weighted by Gasteiger charge is 1.94. The van der Waals surface area contributed by atoms with E-state index < -0.39 is 0 Å². The van der Waals surface area contributed by atoms with Crippen molar-refractivity contribution in [3.63, 3.8) is 0 Å². The predicted octanol–water partition coefficient (Wildman–Crippen LogP) is 3.39. The van der Waals surface area contributed by atoms with E-state index in [9.17, 15) is 0 Å². The molecule has 2 N–H and O–H groups in total. The van der Waals surface area contributed by atoms with Crippen molar-refractivity contribution >= 4 is 0 Å². The first-order chi connectivity index (χ1) is 7.86. The summed E-state index contributed by atoms with van der Waals surface area (Å²) in [5, 5.41) is 0. The number of aryl methyl sites for hydroxylation is 1. The largest absolute Gasteiger partial charge is 0.377 e. The first kappa shape index (κ1) is 15.1. The number of hydrogen-bond acceptors (Lipinski definition) is 2. The third kappa shape index (κ3) is 6.59. The summed E-state index contributed by atoms with van der Waals surface area (Å²) >= 11 is 0. The number of nitrogens with two attached hydrogens (primary N) is 1. The highest BCUT2D eigenvalue weighted by atomic mass is 16.5. The molecule has 0 aliphatic heterocycles. The number of rotatable bonds is 6. The zero-order chi connectivity index (χ0) is 12.2. The molecule has 0 saturated carbocycles. The summed E-state index contributed by atoms with van der Waals surface area (Å²) in [5.74, 6) is 0. The molecule has 16 heavy (non-hydrogen) atoms. The van der Waals surface area contributed by atoms with Gasteiger partial charge in [0.2, 0.25) is 0 Å². The second-order valence-corrected chi connectivity index (χ2v) is 3.37. The summed E-state index contributed by atoms with van der Waals surface area (Å²) in [4.78, 5) is 0. The van der Waals surface area contributed by atoms with E-state index in [-0.39, 0.29) is 1.43 Å². The minimum Gasteiger partial charge on any atom is -0.377 e. The predicted molar refractivity (Wildman–Crippen MR) is 72.6 cm³/mol. The van der Waals surface area contributed by atoms with Crippen molar-refractivity contribution in [1.29, 1.82) is 0 Å². The maximum absolute atomic E-state index is 5.48. The molecule has 0 fully saturated rings. The van der Waals surface area contributed by atoms with Crippen LogP contribution in [0.15, 0.2) is 24.3 Å². The molecule has 1 rings (SSSR count). The van der Waals surface area contributed by atoms with Crippen molar-refractivity contribution in [3.05, 3.63) is 35.4 Å². The van der Waals surface area contributed by atoms with Crippen LogP contribution in [-0.4, -0.2) is 13.2 Å². The molecule has 0 heterocycles. The molecular formula is C14H27NO. The molecule has 2 nitrogen and oxygen atoms in total. The van der Waals surface area contributed by atoms with Gasteiger partial charge in [0, 0.05) is 8.03 Å². The molecule has 1 aromatic carbocycles. The number of hydrogen-bond donors (Lipinski definition) is 1. The third-order valence-electron chi connectivity index (χ3n) is 2.16. The van der Waals surface area contributed by atoms with E-state index in [0.717, 1.165) is 19.4 Å². The molecule has 0 radical (unpaired) electrons. The van der Waals surface area contributed by atoms with Crippen molar-refractivity contribution in [3.8, 4) is 0 Å². The topological polar surface area (TPSA) is 35.2 Å². The molecular weight excluding hydrogens is 198 g/mol. The zero-order valence-corrected chi connectivity index (χ0v) is 10.8. The van der Waals surface area contributed by atoms with Gasteiger partial charge >= 0.3 is 0 Å². The normalized spacial score (nSPS) is 9.50. The van der Waals surface area contributed by atoms with E-state index in [4.69, 9.17) is 10.5 Å². The second-order valence-electron chi connectivity index (χ2n) is 3.37. The Balaban J connectivity index is 0. The number of ether oxygens (including phenoxy) is 1. The van der Waals surface area contributed by atoms with Crippen molar-refractivity contribution in [2.45, 2.75) is 40.2 Å². The SMILES string of the molecule is CC.CCc1cccc(COCCCN)c1.[HH]. The lowest BCUT2D eigenvalue weighted by Crippen LogP contribution is -2.04. The van der Waals surface area contributed by atoms with Gasteiger partial charge in [0.15, 0.2) is 0 Å². The maximum atomic E-state index is 5.48. The van der Waals surface area contributed by atoms with Gasteiger partial charge in [-0.2, -0.15) is 0 Å². The highest BCUT2D eigenvalue weighted by Crippen LogP contribution is 2.07. The lowest BCUT2D eigenvalue weighted by atomic mass is 10.1. The fourth-order valence-electron chi connectivity index (χ4n) is 1.31. The van der Waals surface area contributed by atoms with Crippen LogP contribution in [-0.2, 0) is 17.8 Å². The average Bonchev–Trinajstić information content (AvgIpc) is 2.37. The van der Waals surface area contributed by atoms with Crippen LogP contribution < -0.4 is 5.73 Å². The van der Waals surface area contributed by atoms with Crippen LogP contribution in [0.5, 0.6) is 0 Å². The average molecular weight is 225 g/mol. The van der Waals surface area contributed by atoms with Gasteiger partial charge in [-0.15, -0.1) is 0 Å². The Hall–Kier alpha value is -0.860. The molecule has 0 atom stereocenters. The van der Waals surface area contributed by atoms with Gasteiger partial charge in [0.05, 0.1) is 6.61 Å². The van der Waals surface area contributed by atoms with Crippen molar-refractivity contribution < 1.29 is 6.16 Å². The summed E-state index contributed by atoms with van der Waals surface area (Å²) in [6, 6.07) is 8.52. The van der Waals surface area contributed by atoms with Gasteiger partial charge in [0.1, 0.15) is 0 Å². The van der Waals surface area contributed by atoms with E-state index in [1.54, 1.807) is 0 Å². The summed E-state index contributed by atoms with van der Waals surface area (Å²) in [6.07, 6.45) is 2.02. The van der Waals surface area contributed by atoms with Crippen LogP contribution in [0.1, 0.15) is 39.7 Å². The third-order valence-corrected chi connectivity index (χ3v) is 2.16. The Morgan fingerprint density at radius 2 is 1.94 bits per heavy atom. The monoisotopic (exact) mass is 225 g/mol. The first-order valence-electron chi connectivity index (χ1n) is 6.22. The fraction of sp³-hybridized carbons (Fsp3) is 0.571. The Morgan fingerprint density at radius 3 is 2.56 bits per heavy atom. The van der Waals surface area contributed by atoms with E-state index in [1.807, 2.05) is 13.8 Å². The molecule has 1 aromatic rings. The standard InChI is InChI=1S/C12H19NO.C2H6.H2/c1-2-11-5-3-6-12(9-11)10-14-8-4-7-13;1-2;/h3,5-6,9H,2,4,7-8,10,13H2,1H3;1-2H3;1H. The lowest BCUT2D eigenvalue weighted by molar-refractivity contribution is 0.120. The Kier molecular flexibility index (Phi) is 10.1. The smallest absolute Gasteiger partial charge is 0.0716 e. The van der Waals surface area contributed by atoms with E-state index in [0.29, 0.717) is 13.2 Å². The van der Waals surface area contributed by atoms with Crippen molar-refractivity contribution in [1.82, 2.24) is 0 Å². The minimum absolute atomic E-state index is 0. The molecule has 0 aromatic heterocycles. The molecule has 0 aliphatic rings. The summed E-state index contributed by atoms with van der Waals surface area (Å²) < 4.78 is 5.48. The quantitative estimate of drug-likeness (QED) is 0.753. The van der Waals surface area contributed by atoms with Gasteiger partial charge < -0.3 is 10.5 Å². The number of benzene rings is 1. The van der Waals surface area contributed by atoms with Gasteiger partial charge in [-0.05, 0) is 30.5 Å².